The van der Waals surface area contributed by atoms with Gasteiger partial charge in [-0.15, -0.1) is 0 Å². The Kier molecular flexibility index (Phi) is 4.44. The highest BCUT2D eigenvalue weighted by atomic mass is 16.3. The molecular formula is C16H27N3O. The molecule has 0 saturated carbocycles. The number of nitrogens with zero attached hydrogens (tertiary/aromatic N) is 2. The molecule has 2 fully saturated rings. The van der Waals surface area contributed by atoms with E-state index in [0.29, 0.717) is 0 Å². The minimum atomic E-state index is 0.783. The van der Waals surface area contributed by atoms with E-state index in [1.54, 1.807) is 0 Å². The first-order chi connectivity index (χ1) is 9.76. The van der Waals surface area contributed by atoms with Crippen LogP contribution in [0.25, 0.3) is 0 Å². The summed E-state index contributed by atoms with van der Waals surface area (Å²) in [7, 11) is 1.98. The van der Waals surface area contributed by atoms with Gasteiger partial charge in [-0.25, -0.2) is 0 Å². The molecular weight excluding hydrogens is 250 g/mol. The lowest BCUT2D eigenvalue weighted by Crippen LogP contribution is -2.36. The van der Waals surface area contributed by atoms with Crippen molar-refractivity contribution >= 4 is 0 Å². The van der Waals surface area contributed by atoms with E-state index < -0.39 is 0 Å². The molecule has 112 valence electrons. The zero-order chi connectivity index (χ0) is 13.9. The van der Waals surface area contributed by atoms with Crippen molar-refractivity contribution < 1.29 is 4.42 Å². The fraction of sp³-hybridized carbons (Fsp3) is 0.750. The van der Waals surface area contributed by atoms with Gasteiger partial charge in [-0.2, -0.15) is 0 Å². The molecule has 0 amide bonds. The highest BCUT2D eigenvalue weighted by molar-refractivity contribution is 5.20. The normalized spacial score (nSPS) is 24.8. The maximum absolute atomic E-state index is 5.93. The van der Waals surface area contributed by atoms with Crippen LogP contribution in [0.15, 0.2) is 10.5 Å². The Morgan fingerprint density at radius 1 is 1.30 bits per heavy atom. The van der Waals surface area contributed by atoms with E-state index >= 15 is 0 Å². The van der Waals surface area contributed by atoms with Gasteiger partial charge in [0.2, 0.25) is 0 Å². The Hall–Kier alpha value is -0.840. The number of aryl methyl sites for hydroxylation is 1. The third kappa shape index (κ3) is 3.08. The highest BCUT2D eigenvalue weighted by Gasteiger charge is 2.28. The molecule has 0 bridgehead atoms. The lowest BCUT2D eigenvalue weighted by molar-refractivity contribution is 0.204. The van der Waals surface area contributed by atoms with Crippen molar-refractivity contribution in [3.05, 3.63) is 23.2 Å². The molecule has 0 aromatic carbocycles. The van der Waals surface area contributed by atoms with E-state index in [1.807, 2.05) is 7.05 Å². The molecule has 1 aromatic rings. The first-order valence-corrected chi connectivity index (χ1v) is 7.95. The summed E-state index contributed by atoms with van der Waals surface area (Å²) in [5, 5.41) is 3.20. The number of furan rings is 1. The summed E-state index contributed by atoms with van der Waals surface area (Å²) >= 11 is 0. The molecule has 20 heavy (non-hydrogen) atoms. The molecule has 4 nitrogen and oxygen atoms in total. The largest absolute Gasteiger partial charge is 0.465 e. The van der Waals surface area contributed by atoms with Gasteiger partial charge >= 0.3 is 0 Å². The Balaban J connectivity index is 1.63. The molecule has 1 aromatic heterocycles. The molecule has 1 atom stereocenters. The molecule has 1 unspecified atom stereocenters. The SMILES string of the molecule is CNCc1cc(CN2CCCN3CCCC3C2)oc1C. The Morgan fingerprint density at radius 3 is 3.00 bits per heavy atom. The van der Waals surface area contributed by atoms with E-state index in [9.17, 15) is 0 Å². The zero-order valence-electron chi connectivity index (χ0n) is 12.8. The number of nitrogens with one attached hydrogen (secondary N) is 1. The second kappa shape index (κ2) is 6.29. The molecule has 3 heterocycles. The smallest absolute Gasteiger partial charge is 0.118 e. The van der Waals surface area contributed by atoms with Gasteiger partial charge in [-0.3, -0.25) is 9.80 Å². The van der Waals surface area contributed by atoms with Gasteiger partial charge < -0.3 is 9.73 Å². The zero-order valence-corrected chi connectivity index (χ0v) is 12.8. The maximum atomic E-state index is 5.93. The van der Waals surface area contributed by atoms with Crippen LogP contribution in [-0.4, -0.2) is 49.1 Å². The van der Waals surface area contributed by atoms with E-state index in [-0.39, 0.29) is 0 Å². The fourth-order valence-corrected chi connectivity index (χ4v) is 3.68. The fourth-order valence-electron chi connectivity index (χ4n) is 3.68. The van der Waals surface area contributed by atoms with Crippen molar-refractivity contribution in [1.29, 1.82) is 0 Å². The van der Waals surface area contributed by atoms with Crippen LogP contribution in [0.5, 0.6) is 0 Å². The lowest BCUT2D eigenvalue weighted by Gasteiger charge is -2.24. The summed E-state index contributed by atoms with van der Waals surface area (Å²) < 4.78 is 5.93. The molecule has 2 saturated heterocycles. The predicted octanol–water partition coefficient (Wildman–Crippen LogP) is 1.98. The van der Waals surface area contributed by atoms with E-state index in [1.165, 1.54) is 51.0 Å². The summed E-state index contributed by atoms with van der Waals surface area (Å²) in [5.41, 5.74) is 1.29. The molecule has 0 spiro atoms. The highest BCUT2D eigenvalue weighted by Crippen LogP contribution is 2.23. The van der Waals surface area contributed by atoms with Crippen molar-refractivity contribution in [2.24, 2.45) is 0 Å². The topological polar surface area (TPSA) is 31.6 Å². The maximum Gasteiger partial charge on any atom is 0.118 e. The predicted molar refractivity (Wildman–Crippen MR) is 80.7 cm³/mol. The van der Waals surface area contributed by atoms with Crippen LogP contribution in [0, 0.1) is 6.92 Å². The van der Waals surface area contributed by atoms with Crippen LogP contribution >= 0.6 is 0 Å². The monoisotopic (exact) mass is 277 g/mol. The molecule has 2 aliphatic heterocycles. The summed E-state index contributed by atoms with van der Waals surface area (Å²) in [6.45, 7) is 8.93. The van der Waals surface area contributed by atoms with Crippen LogP contribution in [0.1, 0.15) is 36.3 Å². The Morgan fingerprint density at radius 2 is 2.15 bits per heavy atom. The second-order valence-corrected chi connectivity index (χ2v) is 6.25. The van der Waals surface area contributed by atoms with Crippen LogP contribution in [0.3, 0.4) is 0 Å². The van der Waals surface area contributed by atoms with Gasteiger partial charge in [0.1, 0.15) is 11.5 Å². The Labute approximate surface area is 122 Å². The molecule has 0 radical (unpaired) electrons. The molecule has 4 heteroatoms. The molecule has 0 aliphatic carbocycles. The Bertz CT molecular complexity index is 443. The summed E-state index contributed by atoms with van der Waals surface area (Å²) in [6, 6.07) is 3.01. The van der Waals surface area contributed by atoms with Crippen molar-refractivity contribution in [3.63, 3.8) is 0 Å². The van der Waals surface area contributed by atoms with Crippen LogP contribution in [-0.2, 0) is 13.1 Å². The van der Waals surface area contributed by atoms with Crippen LogP contribution < -0.4 is 5.32 Å². The van der Waals surface area contributed by atoms with Gasteiger partial charge in [0.05, 0.1) is 6.54 Å². The standard InChI is InChI=1S/C16H27N3O/c1-13-14(10-17-2)9-16(20-13)12-18-6-4-8-19-7-3-5-15(19)11-18/h9,15,17H,3-8,10-12H2,1-2H3. The van der Waals surface area contributed by atoms with Gasteiger partial charge in [-0.1, -0.05) is 0 Å². The van der Waals surface area contributed by atoms with Crippen molar-refractivity contribution in [2.75, 3.05) is 33.2 Å². The molecule has 3 rings (SSSR count). The van der Waals surface area contributed by atoms with E-state index in [2.05, 4.69) is 28.1 Å². The summed E-state index contributed by atoms with van der Waals surface area (Å²) in [6.07, 6.45) is 4.04. The number of hydrogen-bond donors (Lipinski definition) is 1. The van der Waals surface area contributed by atoms with Gasteiger partial charge in [-0.05, 0) is 58.9 Å². The number of fused-ring (bicyclic) bond motifs is 1. The van der Waals surface area contributed by atoms with Gasteiger partial charge in [0.15, 0.2) is 0 Å². The lowest BCUT2D eigenvalue weighted by atomic mass is 10.2. The first kappa shape index (κ1) is 14.1. The molecule has 1 N–H and O–H groups in total. The molecule has 2 aliphatic rings. The number of hydrogen-bond acceptors (Lipinski definition) is 4. The summed E-state index contributed by atoms with van der Waals surface area (Å²) in [4.78, 5) is 5.26. The first-order valence-electron chi connectivity index (χ1n) is 7.95. The third-order valence-corrected chi connectivity index (χ3v) is 4.71. The second-order valence-electron chi connectivity index (χ2n) is 6.25. The average molecular weight is 277 g/mol. The van der Waals surface area contributed by atoms with Crippen molar-refractivity contribution in [3.8, 4) is 0 Å². The quantitative estimate of drug-likeness (QED) is 0.912. The number of rotatable bonds is 4. The van der Waals surface area contributed by atoms with Gasteiger partial charge in [0.25, 0.3) is 0 Å². The van der Waals surface area contributed by atoms with Crippen molar-refractivity contribution in [1.82, 2.24) is 15.1 Å². The average Bonchev–Trinajstić information content (AvgIpc) is 2.93. The van der Waals surface area contributed by atoms with Crippen LogP contribution in [0.4, 0.5) is 0 Å². The minimum absolute atomic E-state index is 0.783. The minimum Gasteiger partial charge on any atom is -0.465 e. The summed E-state index contributed by atoms with van der Waals surface area (Å²) in [5.74, 6) is 2.19. The third-order valence-electron chi connectivity index (χ3n) is 4.71. The van der Waals surface area contributed by atoms with Crippen LogP contribution in [0.2, 0.25) is 0 Å². The van der Waals surface area contributed by atoms with E-state index in [4.69, 9.17) is 4.42 Å². The van der Waals surface area contributed by atoms with E-state index in [0.717, 1.165) is 30.7 Å². The van der Waals surface area contributed by atoms with Gasteiger partial charge in [0, 0.05) is 24.7 Å². The van der Waals surface area contributed by atoms with Crippen molar-refractivity contribution in [2.45, 2.75) is 45.3 Å².